The lowest BCUT2D eigenvalue weighted by Gasteiger charge is -2.15. The van der Waals surface area contributed by atoms with Crippen LogP contribution >= 0.6 is 23.2 Å². The number of hydrogen-bond donors (Lipinski definition) is 1. The Bertz CT molecular complexity index is 578. The van der Waals surface area contributed by atoms with E-state index in [0.29, 0.717) is 10.0 Å². The molecule has 5 heteroatoms. The van der Waals surface area contributed by atoms with Crippen LogP contribution in [0.15, 0.2) is 24.3 Å². The van der Waals surface area contributed by atoms with E-state index in [1.807, 2.05) is 29.8 Å². The standard InChI is InChI=1S/C14H17Cl2N3/c1-3-9-8-12(19(4-2)18-9)14(17)10-6-5-7-11(15)13(10)16/h5-8,14H,3-4,17H2,1-2H3. The highest BCUT2D eigenvalue weighted by molar-refractivity contribution is 6.42. The number of aryl methyl sites for hydroxylation is 2. The average Bonchev–Trinajstić information content (AvgIpc) is 2.84. The van der Waals surface area contributed by atoms with Crippen LogP contribution in [-0.4, -0.2) is 9.78 Å². The lowest BCUT2D eigenvalue weighted by molar-refractivity contribution is 0.595. The molecule has 1 atom stereocenters. The summed E-state index contributed by atoms with van der Waals surface area (Å²) in [6.07, 6.45) is 0.885. The van der Waals surface area contributed by atoms with E-state index in [4.69, 9.17) is 28.9 Å². The summed E-state index contributed by atoms with van der Waals surface area (Å²) >= 11 is 12.3. The zero-order chi connectivity index (χ0) is 14.0. The third-order valence-corrected chi connectivity index (χ3v) is 3.99. The molecule has 0 aliphatic heterocycles. The van der Waals surface area contributed by atoms with Crippen molar-refractivity contribution in [2.45, 2.75) is 32.9 Å². The molecule has 1 unspecified atom stereocenters. The van der Waals surface area contributed by atoms with Crippen molar-refractivity contribution in [2.24, 2.45) is 5.73 Å². The summed E-state index contributed by atoms with van der Waals surface area (Å²) in [5.74, 6) is 0. The first-order valence-corrected chi connectivity index (χ1v) is 7.10. The van der Waals surface area contributed by atoms with Crippen molar-refractivity contribution in [1.82, 2.24) is 9.78 Å². The van der Waals surface area contributed by atoms with Gasteiger partial charge in [-0.1, -0.05) is 42.3 Å². The second-order valence-electron chi connectivity index (χ2n) is 4.35. The molecule has 3 nitrogen and oxygen atoms in total. The fourth-order valence-electron chi connectivity index (χ4n) is 2.08. The molecule has 2 rings (SSSR count). The van der Waals surface area contributed by atoms with Gasteiger partial charge in [-0.25, -0.2) is 0 Å². The monoisotopic (exact) mass is 297 g/mol. The van der Waals surface area contributed by atoms with Crippen molar-refractivity contribution in [3.63, 3.8) is 0 Å². The Labute approximate surface area is 123 Å². The third kappa shape index (κ3) is 2.78. The van der Waals surface area contributed by atoms with Crippen LogP contribution in [0, 0.1) is 0 Å². The van der Waals surface area contributed by atoms with Crippen LogP contribution in [0.3, 0.4) is 0 Å². The molecular weight excluding hydrogens is 281 g/mol. The predicted octanol–water partition coefficient (Wildman–Crippen LogP) is 3.82. The lowest BCUT2D eigenvalue weighted by Crippen LogP contribution is -2.17. The van der Waals surface area contributed by atoms with Crippen LogP contribution in [0.4, 0.5) is 0 Å². The van der Waals surface area contributed by atoms with Gasteiger partial charge >= 0.3 is 0 Å². The number of halogens is 2. The fourth-order valence-corrected chi connectivity index (χ4v) is 2.51. The van der Waals surface area contributed by atoms with Gasteiger partial charge in [0.15, 0.2) is 0 Å². The molecule has 19 heavy (non-hydrogen) atoms. The molecule has 1 heterocycles. The second kappa shape index (κ2) is 5.95. The molecule has 2 N–H and O–H groups in total. The number of hydrogen-bond acceptors (Lipinski definition) is 2. The highest BCUT2D eigenvalue weighted by atomic mass is 35.5. The predicted molar refractivity (Wildman–Crippen MR) is 79.8 cm³/mol. The van der Waals surface area contributed by atoms with Gasteiger partial charge in [0.25, 0.3) is 0 Å². The zero-order valence-electron chi connectivity index (χ0n) is 11.0. The Balaban J connectivity index is 2.46. The summed E-state index contributed by atoms with van der Waals surface area (Å²) in [6.45, 7) is 4.90. The summed E-state index contributed by atoms with van der Waals surface area (Å²) in [6, 6.07) is 7.23. The molecule has 0 saturated carbocycles. The van der Waals surface area contributed by atoms with E-state index >= 15 is 0 Å². The van der Waals surface area contributed by atoms with E-state index in [0.717, 1.165) is 29.9 Å². The van der Waals surface area contributed by atoms with Gasteiger partial charge in [0, 0.05) is 6.54 Å². The molecule has 1 aromatic heterocycles. The van der Waals surface area contributed by atoms with Gasteiger partial charge in [-0.2, -0.15) is 5.10 Å². The van der Waals surface area contributed by atoms with Crippen molar-refractivity contribution in [3.05, 3.63) is 51.3 Å². The van der Waals surface area contributed by atoms with Crippen LogP contribution in [0.5, 0.6) is 0 Å². The maximum absolute atomic E-state index is 6.33. The molecule has 2 aromatic rings. The van der Waals surface area contributed by atoms with Crippen molar-refractivity contribution in [3.8, 4) is 0 Å². The van der Waals surface area contributed by atoms with E-state index in [9.17, 15) is 0 Å². The summed E-state index contributed by atoms with van der Waals surface area (Å²) in [4.78, 5) is 0. The maximum Gasteiger partial charge on any atom is 0.0738 e. The quantitative estimate of drug-likeness (QED) is 0.932. The first kappa shape index (κ1) is 14.4. The number of nitrogens with zero attached hydrogens (tertiary/aromatic N) is 2. The first-order chi connectivity index (χ1) is 9.08. The minimum Gasteiger partial charge on any atom is -0.319 e. The Morgan fingerprint density at radius 2 is 2.05 bits per heavy atom. The average molecular weight is 298 g/mol. The van der Waals surface area contributed by atoms with Crippen LogP contribution in [0.2, 0.25) is 10.0 Å². The summed E-state index contributed by atoms with van der Waals surface area (Å²) in [5, 5.41) is 5.54. The molecule has 0 radical (unpaired) electrons. The van der Waals surface area contributed by atoms with E-state index in [-0.39, 0.29) is 6.04 Å². The zero-order valence-corrected chi connectivity index (χ0v) is 12.5. The topological polar surface area (TPSA) is 43.8 Å². The van der Waals surface area contributed by atoms with Gasteiger partial charge in [-0.15, -0.1) is 0 Å². The van der Waals surface area contributed by atoms with Crippen molar-refractivity contribution in [2.75, 3.05) is 0 Å². The number of nitrogens with two attached hydrogens (primary N) is 1. The van der Waals surface area contributed by atoms with E-state index < -0.39 is 0 Å². The van der Waals surface area contributed by atoms with E-state index in [1.165, 1.54) is 0 Å². The highest BCUT2D eigenvalue weighted by Gasteiger charge is 2.19. The maximum atomic E-state index is 6.33. The van der Waals surface area contributed by atoms with Crippen LogP contribution in [0.1, 0.15) is 36.8 Å². The van der Waals surface area contributed by atoms with Gasteiger partial charge in [-0.3, -0.25) is 4.68 Å². The number of rotatable bonds is 4. The molecule has 0 aliphatic rings. The number of benzene rings is 1. The lowest BCUT2D eigenvalue weighted by atomic mass is 10.0. The smallest absolute Gasteiger partial charge is 0.0738 e. The molecule has 0 saturated heterocycles. The van der Waals surface area contributed by atoms with Crippen molar-refractivity contribution < 1.29 is 0 Å². The molecule has 102 valence electrons. The molecule has 1 aromatic carbocycles. The van der Waals surface area contributed by atoms with Crippen molar-refractivity contribution in [1.29, 1.82) is 0 Å². The molecule has 0 fully saturated rings. The van der Waals surface area contributed by atoms with Gasteiger partial charge in [0.2, 0.25) is 0 Å². The third-order valence-electron chi connectivity index (χ3n) is 3.16. The van der Waals surface area contributed by atoms with E-state index in [2.05, 4.69) is 12.0 Å². The highest BCUT2D eigenvalue weighted by Crippen LogP contribution is 2.32. The Morgan fingerprint density at radius 3 is 2.68 bits per heavy atom. The fraction of sp³-hybridized carbons (Fsp3) is 0.357. The minimum atomic E-state index is -0.320. The Hall–Kier alpha value is -1.03. The summed E-state index contributed by atoms with van der Waals surface area (Å²) in [7, 11) is 0. The Kier molecular flexibility index (Phi) is 4.50. The van der Waals surface area contributed by atoms with Crippen LogP contribution in [0.25, 0.3) is 0 Å². The van der Waals surface area contributed by atoms with Gasteiger partial charge in [0.1, 0.15) is 0 Å². The molecule has 0 aliphatic carbocycles. The second-order valence-corrected chi connectivity index (χ2v) is 5.14. The summed E-state index contributed by atoms with van der Waals surface area (Å²) < 4.78 is 1.92. The molecular formula is C14H17Cl2N3. The van der Waals surface area contributed by atoms with Gasteiger partial charge in [-0.05, 0) is 31.0 Å². The largest absolute Gasteiger partial charge is 0.319 e. The molecule has 0 bridgehead atoms. The Morgan fingerprint density at radius 1 is 1.32 bits per heavy atom. The minimum absolute atomic E-state index is 0.320. The van der Waals surface area contributed by atoms with Crippen LogP contribution < -0.4 is 5.73 Å². The van der Waals surface area contributed by atoms with Gasteiger partial charge < -0.3 is 5.73 Å². The normalized spacial score (nSPS) is 12.7. The first-order valence-electron chi connectivity index (χ1n) is 6.34. The summed E-state index contributed by atoms with van der Waals surface area (Å²) in [5.41, 5.74) is 9.15. The molecule has 0 spiro atoms. The number of aromatic nitrogens is 2. The van der Waals surface area contributed by atoms with E-state index in [1.54, 1.807) is 6.07 Å². The molecule has 0 amide bonds. The SMILES string of the molecule is CCc1cc(C(N)c2cccc(Cl)c2Cl)n(CC)n1. The van der Waals surface area contributed by atoms with Crippen molar-refractivity contribution >= 4 is 23.2 Å². The van der Waals surface area contributed by atoms with Gasteiger partial charge in [0.05, 0.1) is 27.5 Å². The van der Waals surface area contributed by atoms with Crippen LogP contribution in [-0.2, 0) is 13.0 Å².